The SMILES string of the molecule is O=C(CN1CCC2CCCCC2C1)NCc1ccc2c(c1)OCO2. The van der Waals surface area contributed by atoms with Crippen LogP contribution in [0.5, 0.6) is 11.5 Å². The van der Waals surface area contributed by atoms with Crippen LogP contribution in [0.4, 0.5) is 0 Å². The molecule has 1 aliphatic carbocycles. The molecular formula is C19H26N2O3. The standard InChI is InChI=1S/C19H26N2O3/c22-19(12-21-8-7-15-3-1-2-4-16(15)11-21)20-10-14-5-6-17-18(9-14)24-13-23-17/h5-6,9,15-16H,1-4,7-8,10-13H2,(H,20,22). The van der Waals surface area contributed by atoms with Crippen molar-refractivity contribution in [3.8, 4) is 11.5 Å². The van der Waals surface area contributed by atoms with Crippen LogP contribution in [0, 0.1) is 11.8 Å². The van der Waals surface area contributed by atoms with E-state index in [0.717, 1.165) is 42.0 Å². The molecule has 4 rings (SSSR count). The van der Waals surface area contributed by atoms with Crippen molar-refractivity contribution in [2.24, 2.45) is 11.8 Å². The maximum atomic E-state index is 12.3. The largest absolute Gasteiger partial charge is 0.454 e. The van der Waals surface area contributed by atoms with E-state index in [-0.39, 0.29) is 12.7 Å². The molecule has 5 heteroatoms. The van der Waals surface area contributed by atoms with E-state index in [1.54, 1.807) is 0 Å². The third-order valence-corrected chi connectivity index (χ3v) is 5.67. The van der Waals surface area contributed by atoms with Gasteiger partial charge in [0.25, 0.3) is 0 Å². The number of carbonyl (C=O) groups is 1. The molecule has 2 atom stereocenters. The first-order valence-corrected chi connectivity index (χ1v) is 9.15. The molecule has 0 spiro atoms. The maximum absolute atomic E-state index is 12.3. The summed E-state index contributed by atoms with van der Waals surface area (Å²) in [4.78, 5) is 14.6. The van der Waals surface area contributed by atoms with Crippen LogP contribution in [-0.2, 0) is 11.3 Å². The minimum Gasteiger partial charge on any atom is -0.454 e. The molecule has 2 heterocycles. The number of hydrogen-bond donors (Lipinski definition) is 1. The van der Waals surface area contributed by atoms with E-state index in [1.807, 2.05) is 18.2 Å². The highest BCUT2D eigenvalue weighted by atomic mass is 16.7. The molecule has 1 saturated heterocycles. The van der Waals surface area contributed by atoms with E-state index in [9.17, 15) is 4.79 Å². The number of likely N-dealkylation sites (tertiary alicyclic amines) is 1. The van der Waals surface area contributed by atoms with Crippen LogP contribution < -0.4 is 14.8 Å². The van der Waals surface area contributed by atoms with E-state index in [1.165, 1.54) is 32.1 Å². The van der Waals surface area contributed by atoms with E-state index >= 15 is 0 Å². The van der Waals surface area contributed by atoms with Gasteiger partial charge in [-0.25, -0.2) is 0 Å². The monoisotopic (exact) mass is 330 g/mol. The number of nitrogens with one attached hydrogen (secondary N) is 1. The van der Waals surface area contributed by atoms with Crippen molar-refractivity contribution in [1.29, 1.82) is 0 Å². The summed E-state index contributed by atoms with van der Waals surface area (Å²) < 4.78 is 10.7. The summed E-state index contributed by atoms with van der Waals surface area (Å²) in [5, 5.41) is 3.03. The van der Waals surface area contributed by atoms with E-state index in [0.29, 0.717) is 13.1 Å². The van der Waals surface area contributed by atoms with E-state index in [4.69, 9.17) is 9.47 Å². The van der Waals surface area contributed by atoms with Crippen molar-refractivity contribution >= 4 is 5.91 Å². The van der Waals surface area contributed by atoms with Crippen molar-refractivity contribution in [3.63, 3.8) is 0 Å². The van der Waals surface area contributed by atoms with Gasteiger partial charge in [-0.2, -0.15) is 0 Å². The fourth-order valence-corrected chi connectivity index (χ4v) is 4.33. The summed E-state index contributed by atoms with van der Waals surface area (Å²) >= 11 is 0. The Morgan fingerprint density at radius 3 is 2.88 bits per heavy atom. The second kappa shape index (κ2) is 7.01. The van der Waals surface area contributed by atoms with Crippen LogP contribution in [0.15, 0.2) is 18.2 Å². The fourth-order valence-electron chi connectivity index (χ4n) is 4.33. The second-order valence-corrected chi connectivity index (χ2v) is 7.29. The Bertz CT molecular complexity index is 604. The number of nitrogens with zero attached hydrogens (tertiary/aromatic N) is 1. The van der Waals surface area contributed by atoms with Gasteiger partial charge in [0.1, 0.15) is 0 Å². The van der Waals surface area contributed by atoms with Gasteiger partial charge in [0, 0.05) is 13.1 Å². The van der Waals surface area contributed by atoms with Crippen molar-refractivity contribution in [1.82, 2.24) is 10.2 Å². The van der Waals surface area contributed by atoms with Crippen LogP contribution >= 0.6 is 0 Å². The zero-order chi connectivity index (χ0) is 16.4. The number of ether oxygens (including phenoxy) is 2. The fraction of sp³-hybridized carbons (Fsp3) is 0.632. The Kier molecular flexibility index (Phi) is 4.60. The summed E-state index contributed by atoms with van der Waals surface area (Å²) in [5.41, 5.74) is 1.04. The van der Waals surface area contributed by atoms with Gasteiger partial charge in [0.2, 0.25) is 12.7 Å². The summed E-state index contributed by atoms with van der Waals surface area (Å²) in [6, 6.07) is 5.81. The summed E-state index contributed by atoms with van der Waals surface area (Å²) in [6.45, 7) is 3.51. The van der Waals surface area contributed by atoms with E-state index < -0.39 is 0 Å². The van der Waals surface area contributed by atoms with Gasteiger partial charge in [-0.3, -0.25) is 9.69 Å². The van der Waals surface area contributed by atoms with Crippen LogP contribution in [0.3, 0.4) is 0 Å². The van der Waals surface area contributed by atoms with Gasteiger partial charge in [-0.1, -0.05) is 25.3 Å². The molecule has 0 radical (unpaired) electrons. The highest BCUT2D eigenvalue weighted by Gasteiger charge is 2.31. The van der Waals surface area contributed by atoms with Crippen LogP contribution in [0.25, 0.3) is 0 Å². The molecule has 3 aliphatic rings. The van der Waals surface area contributed by atoms with Gasteiger partial charge in [-0.05, 0) is 48.9 Å². The Hall–Kier alpha value is -1.75. The highest BCUT2D eigenvalue weighted by Crippen LogP contribution is 2.36. The minimum absolute atomic E-state index is 0.113. The predicted octanol–water partition coefficient (Wildman–Crippen LogP) is 2.54. The van der Waals surface area contributed by atoms with Crippen molar-refractivity contribution in [2.75, 3.05) is 26.4 Å². The maximum Gasteiger partial charge on any atom is 0.234 e. The quantitative estimate of drug-likeness (QED) is 0.922. The average molecular weight is 330 g/mol. The molecule has 2 aliphatic heterocycles. The first-order chi connectivity index (χ1) is 11.8. The Morgan fingerprint density at radius 2 is 1.96 bits per heavy atom. The number of benzene rings is 1. The van der Waals surface area contributed by atoms with Crippen molar-refractivity contribution in [2.45, 2.75) is 38.6 Å². The number of piperidine rings is 1. The van der Waals surface area contributed by atoms with Gasteiger partial charge in [0.05, 0.1) is 6.54 Å². The highest BCUT2D eigenvalue weighted by molar-refractivity contribution is 5.78. The molecule has 1 saturated carbocycles. The number of fused-ring (bicyclic) bond motifs is 2. The minimum atomic E-state index is 0.113. The number of amides is 1. The zero-order valence-electron chi connectivity index (χ0n) is 14.1. The lowest BCUT2D eigenvalue weighted by molar-refractivity contribution is -0.123. The molecule has 2 fully saturated rings. The van der Waals surface area contributed by atoms with Gasteiger partial charge < -0.3 is 14.8 Å². The molecule has 130 valence electrons. The lowest BCUT2D eigenvalue weighted by Crippen LogP contribution is -2.46. The molecule has 1 N–H and O–H groups in total. The van der Waals surface area contributed by atoms with E-state index in [2.05, 4.69) is 10.2 Å². The van der Waals surface area contributed by atoms with Crippen LogP contribution in [-0.4, -0.2) is 37.2 Å². The Morgan fingerprint density at radius 1 is 1.12 bits per heavy atom. The first-order valence-electron chi connectivity index (χ1n) is 9.15. The smallest absolute Gasteiger partial charge is 0.234 e. The van der Waals surface area contributed by atoms with Gasteiger partial charge in [-0.15, -0.1) is 0 Å². The van der Waals surface area contributed by atoms with Crippen LogP contribution in [0.1, 0.15) is 37.7 Å². The van der Waals surface area contributed by atoms with Crippen LogP contribution in [0.2, 0.25) is 0 Å². The first kappa shape index (κ1) is 15.8. The summed E-state index contributed by atoms with van der Waals surface area (Å²) in [7, 11) is 0. The third-order valence-electron chi connectivity index (χ3n) is 5.67. The summed E-state index contributed by atoms with van der Waals surface area (Å²) in [6.07, 6.45) is 6.78. The second-order valence-electron chi connectivity index (χ2n) is 7.29. The number of hydrogen-bond acceptors (Lipinski definition) is 4. The lowest BCUT2D eigenvalue weighted by atomic mass is 9.75. The molecule has 0 bridgehead atoms. The number of carbonyl (C=O) groups excluding carboxylic acids is 1. The number of rotatable bonds is 4. The van der Waals surface area contributed by atoms with Gasteiger partial charge in [0.15, 0.2) is 11.5 Å². The molecule has 2 unspecified atom stereocenters. The Labute approximate surface area is 143 Å². The predicted molar refractivity (Wildman–Crippen MR) is 90.9 cm³/mol. The zero-order valence-corrected chi connectivity index (χ0v) is 14.1. The van der Waals surface area contributed by atoms with Crippen molar-refractivity contribution in [3.05, 3.63) is 23.8 Å². The van der Waals surface area contributed by atoms with Crippen molar-refractivity contribution < 1.29 is 14.3 Å². The average Bonchev–Trinajstić information content (AvgIpc) is 3.07. The molecule has 24 heavy (non-hydrogen) atoms. The van der Waals surface area contributed by atoms with Gasteiger partial charge >= 0.3 is 0 Å². The molecule has 0 aromatic heterocycles. The molecule has 1 amide bonds. The lowest BCUT2D eigenvalue weighted by Gasteiger charge is -2.41. The molecule has 1 aromatic carbocycles. The molecule has 5 nitrogen and oxygen atoms in total. The molecular weight excluding hydrogens is 304 g/mol. The Balaban J connectivity index is 1.25. The summed E-state index contributed by atoms with van der Waals surface area (Å²) in [5.74, 6) is 3.38. The topological polar surface area (TPSA) is 50.8 Å². The normalized spacial score (nSPS) is 26.0. The third kappa shape index (κ3) is 3.51. The molecule has 1 aromatic rings.